The Labute approximate surface area is 111 Å². The highest BCUT2D eigenvalue weighted by molar-refractivity contribution is 7.89. The fourth-order valence-corrected chi connectivity index (χ4v) is 2.68. The van der Waals surface area contributed by atoms with Crippen LogP contribution < -0.4 is 4.72 Å². The van der Waals surface area contributed by atoms with Crippen molar-refractivity contribution in [2.24, 2.45) is 0 Å². The van der Waals surface area contributed by atoms with Gasteiger partial charge in [0.05, 0.1) is 0 Å². The molecule has 100 valence electrons. The number of rotatable bonds is 4. The van der Waals surface area contributed by atoms with Crippen LogP contribution in [0.5, 0.6) is 0 Å². The average molecular weight is 280 g/mol. The molecule has 1 aromatic carbocycles. The zero-order valence-corrected chi connectivity index (χ0v) is 11.1. The molecule has 0 fully saturated rings. The van der Waals surface area contributed by atoms with Gasteiger partial charge in [-0.15, -0.1) is 0 Å². The molecule has 0 saturated heterocycles. The highest BCUT2D eigenvalue weighted by Crippen LogP contribution is 2.14. The zero-order valence-electron chi connectivity index (χ0n) is 10.3. The molecule has 2 aromatic rings. The predicted molar refractivity (Wildman–Crippen MR) is 69.4 cm³/mol. The summed E-state index contributed by atoms with van der Waals surface area (Å²) < 4.78 is 39.8. The van der Waals surface area contributed by atoms with E-state index >= 15 is 0 Å². The number of aromatic nitrogens is 1. The van der Waals surface area contributed by atoms with Gasteiger partial charge in [-0.3, -0.25) is 4.98 Å². The number of benzene rings is 1. The van der Waals surface area contributed by atoms with Crippen molar-refractivity contribution in [3.63, 3.8) is 0 Å². The molecule has 0 aliphatic heterocycles. The maximum absolute atomic E-state index is 13.5. The van der Waals surface area contributed by atoms with Crippen LogP contribution in [0.1, 0.15) is 11.1 Å². The first-order valence-electron chi connectivity index (χ1n) is 5.64. The van der Waals surface area contributed by atoms with Gasteiger partial charge in [0, 0.05) is 18.9 Å². The van der Waals surface area contributed by atoms with Crippen LogP contribution in [0.15, 0.2) is 47.6 Å². The van der Waals surface area contributed by atoms with Crippen molar-refractivity contribution < 1.29 is 12.8 Å². The Bertz CT molecular complexity index is 687. The third kappa shape index (κ3) is 3.15. The van der Waals surface area contributed by atoms with Gasteiger partial charge in [0.1, 0.15) is 10.7 Å². The van der Waals surface area contributed by atoms with Crippen molar-refractivity contribution in [1.82, 2.24) is 9.71 Å². The molecule has 0 aliphatic carbocycles. The van der Waals surface area contributed by atoms with Gasteiger partial charge in [-0.05, 0) is 36.2 Å². The highest BCUT2D eigenvalue weighted by atomic mass is 32.2. The molecule has 0 aliphatic rings. The molecule has 0 atom stereocenters. The lowest BCUT2D eigenvalue weighted by Crippen LogP contribution is -2.24. The van der Waals surface area contributed by atoms with Crippen LogP contribution in [0.3, 0.4) is 0 Å². The monoisotopic (exact) mass is 280 g/mol. The summed E-state index contributed by atoms with van der Waals surface area (Å²) in [5.41, 5.74) is 1.67. The van der Waals surface area contributed by atoms with Crippen molar-refractivity contribution in [2.75, 3.05) is 0 Å². The summed E-state index contributed by atoms with van der Waals surface area (Å²) in [5.74, 6) is -0.766. The van der Waals surface area contributed by atoms with E-state index < -0.39 is 15.8 Å². The van der Waals surface area contributed by atoms with Gasteiger partial charge in [-0.25, -0.2) is 17.5 Å². The molecule has 19 heavy (non-hydrogen) atoms. The Morgan fingerprint density at radius 2 is 2.00 bits per heavy atom. The number of hydrogen-bond acceptors (Lipinski definition) is 3. The number of nitrogens with one attached hydrogen (secondary N) is 1. The molecule has 0 radical (unpaired) electrons. The average Bonchev–Trinajstić information content (AvgIpc) is 2.38. The highest BCUT2D eigenvalue weighted by Gasteiger charge is 2.18. The van der Waals surface area contributed by atoms with Crippen molar-refractivity contribution in [2.45, 2.75) is 18.4 Å². The molecule has 1 N–H and O–H groups in total. The van der Waals surface area contributed by atoms with Crippen LogP contribution in [0, 0.1) is 12.7 Å². The third-order valence-corrected chi connectivity index (χ3v) is 4.16. The van der Waals surface area contributed by atoms with Crippen molar-refractivity contribution in [1.29, 1.82) is 0 Å². The first kappa shape index (κ1) is 13.6. The Morgan fingerprint density at radius 3 is 2.68 bits per heavy atom. The largest absolute Gasteiger partial charge is 0.264 e. The lowest BCUT2D eigenvalue weighted by atomic mass is 10.2. The van der Waals surface area contributed by atoms with Gasteiger partial charge in [-0.2, -0.15) is 0 Å². The van der Waals surface area contributed by atoms with E-state index in [4.69, 9.17) is 0 Å². The molecule has 0 spiro atoms. The Hall–Kier alpha value is -1.79. The summed E-state index contributed by atoms with van der Waals surface area (Å²) in [7, 11) is -3.86. The smallest absolute Gasteiger partial charge is 0.243 e. The van der Waals surface area contributed by atoms with E-state index in [1.54, 1.807) is 18.5 Å². The van der Waals surface area contributed by atoms with Gasteiger partial charge in [-0.1, -0.05) is 12.1 Å². The van der Waals surface area contributed by atoms with Gasteiger partial charge >= 0.3 is 0 Å². The predicted octanol–water partition coefficient (Wildman–Crippen LogP) is 2.01. The first-order chi connectivity index (χ1) is 9.00. The van der Waals surface area contributed by atoms with Gasteiger partial charge in [0.15, 0.2) is 0 Å². The van der Waals surface area contributed by atoms with Crippen molar-refractivity contribution in [3.05, 3.63) is 59.7 Å². The quantitative estimate of drug-likeness (QED) is 0.932. The number of hydrogen-bond donors (Lipinski definition) is 1. The molecular weight excluding hydrogens is 267 g/mol. The Morgan fingerprint density at radius 1 is 1.26 bits per heavy atom. The molecular formula is C13H13FN2O2S. The van der Waals surface area contributed by atoms with Gasteiger partial charge in [0.2, 0.25) is 10.0 Å². The van der Waals surface area contributed by atoms with E-state index in [1.165, 1.54) is 18.2 Å². The van der Waals surface area contributed by atoms with Gasteiger partial charge < -0.3 is 0 Å². The minimum atomic E-state index is -3.86. The second kappa shape index (κ2) is 5.46. The summed E-state index contributed by atoms with van der Waals surface area (Å²) in [5, 5.41) is 0. The second-order valence-electron chi connectivity index (χ2n) is 4.06. The number of aryl methyl sites for hydroxylation is 1. The zero-order chi connectivity index (χ0) is 13.9. The lowest BCUT2D eigenvalue weighted by molar-refractivity contribution is 0.556. The van der Waals surface area contributed by atoms with Crippen LogP contribution in [-0.2, 0) is 16.6 Å². The Kier molecular flexibility index (Phi) is 3.92. The molecule has 1 aromatic heterocycles. The van der Waals surface area contributed by atoms with Crippen molar-refractivity contribution >= 4 is 10.0 Å². The number of pyridine rings is 1. The van der Waals surface area contributed by atoms with E-state index in [9.17, 15) is 12.8 Å². The first-order valence-corrected chi connectivity index (χ1v) is 7.13. The van der Waals surface area contributed by atoms with E-state index in [0.717, 1.165) is 17.2 Å². The summed E-state index contributed by atoms with van der Waals surface area (Å²) in [6.07, 6.45) is 3.21. The van der Waals surface area contributed by atoms with Crippen LogP contribution in [-0.4, -0.2) is 13.4 Å². The number of sulfonamides is 1. The Balaban J connectivity index is 2.20. The minimum Gasteiger partial charge on any atom is -0.264 e. The molecule has 0 bridgehead atoms. The molecule has 6 heteroatoms. The molecule has 2 rings (SSSR count). The molecule has 4 nitrogen and oxygen atoms in total. The third-order valence-electron chi connectivity index (χ3n) is 2.73. The maximum Gasteiger partial charge on any atom is 0.243 e. The van der Waals surface area contributed by atoms with E-state index in [-0.39, 0.29) is 11.4 Å². The van der Waals surface area contributed by atoms with Crippen LogP contribution in [0.4, 0.5) is 4.39 Å². The lowest BCUT2D eigenvalue weighted by Gasteiger charge is -2.08. The normalized spacial score (nSPS) is 11.5. The summed E-state index contributed by atoms with van der Waals surface area (Å²) >= 11 is 0. The number of nitrogens with zero attached hydrogens (tertiary/aromatic N) is 1. The van der Waals surface area contributed by atoms with Crippen LogP contribution >= 0.6 is 0 Å². The number of halogens is 1. The molecule has 0 unspecified atom stereocenters. The van der Waals surface area contributed by atoms with Crippen LogP contribution in [0.25, 0.3) is 0 Å². The van der Waals surface area contributed by atoms with Crippen molar-refractivity contribution in [3.8, 4) is 0 Å². The summed E-state index contributed by atoms with van der Waals surface area (Å²) in [6.45, 7) is 1.94. The maximum atomic E-state index is 13.5. The SMILES string of the molecule is Cc1ccncc1CNS(=O)(=O)c1ccccc1F. The standard InChI is InChI=1S/C13H13FN2O2S/c1-10-6-7-15-8-11(10)9-16-19(17,18)13-5-3-2-4-12(13)14/h2-8,16H,9H2,1H3. The summed E-state index contributed by atoms with van der Waals surface area (Å²) in [4.78, 5) is 3.58. The fourth-order valence-electron chi connectivity index (χ4n) is 1.59. The van der Waals surface area contributed by atoms with E-state index in [2.05, 4.69) is 9.71 Å². The van der Waals surface area contributed by atoms with E-state index in [0.29, 0.717) is 0 Å². The second-order valence-corrected chi connectivity index (χ2v) is 5.79. The fraction of sp³-hybridized carbons (Fsp3) is 0.154. The molecule has 0 saturated carbocycles. The van der Waals surface area contributed by atoms with Gasteiger partial charge in [0.25, 0.3) is 0 Å². The topological polar surface area (TPSA) is 59.1 Å². The van der Waals surface area contributed by atoms with Crippen LogP contribution in [0.2, 0.25) is 0 Å². The minimum absolute atomic E-state index is 0.0797. The summed E-state index contributed by atoms with van der Waals surface area (Å²) in [6, 6.07) is 7.05. The van der Waals surface area contributed by atoms with E-state index in [1.807, 2.05) is 6.92 Å². The molecule has 1 heterocycles. The molecule has 0 amide bonds.